The van der Waals surface area contributed by atoms with Crippen molar-refractivity contribution in [1.82, 2.24) is 0 Å². The van der Waals surface area contributed by atoms with Crippen molar-refractivity contribution in [3.63, 3.8) is 0 Å². The van der Waals surface area contributed by atoms with E-state index in [1.807, 2.05) is 12.1 Å². The van der Waals surface area contributed by atoms with Crippen LogP contribution in [0, 0.1) is 36.5 Å². The molecule has 10 aromatic carbocycles. The number of nitriles is 2. The zero-order valence-corrected chi connectivity index (χ0v) is 30.8. The number of aryl methyl sites for hydroxylation is 2. The number of nitrogens with zero attached hydrogens (tertiary/aromatic N) is 2. The second-order valence-electron chi connectivity index (χ2n) is 15.5. The number of hydrogen-bond acceptors (Lipinski definition) is 2. The summed E-state index contributed by atoms with van der Waals surface area (Å²) in [6.45, 7) is 4.42. The van der Waals surface area contributed by atoms with E-state index in [0.29, 0.717) is 11.1 Å². The average Bonchev–Trinajstić information content (AvgIpc) is 3.74. The summed E-state index contributed by atoms with van der Waals surface area (Å²) in [4.78, 5) is 0. The predicted molar refractivity (Wildman–Crippen MR) is 233 cm³/mol. The Morgan fingerprint density at radius 1 is 0.357 bits per heavy atom. The Kier molecular flexibility index (Phi) is 6.08. The summed E-state index contributed by atoms with van der Waals surface area (Å²) in [5.41, 5.74) is 17.8. The van der Waals surface area contributed by atoms with Crippen LogP contribution in [0.25, 0.3) is 121 Å². The van der Waals surface area contributed by atoms with Crippen molar-refractivity contribution in [3.05, 3.63) is 168 Å². The highest BCUT2D eigenvalue weighted by molar-refractivity contribution is 6.30. The van der Waals surface area contributed by atoms with Crippen molar-refractivity contribution in [2.24, 2.45) is 0 Å². The van der Waals surface area contributed by atoms with Gasteiger partial charge in [-0.2, -0.15) is 10.5 Å². The first-order valence-electron chi connectivity index (χ1n) is 19.1. The van der Waals surface area contributed by atoms with Gasteiger partial charge in [0, 0.05) is 5.56 Å². The molecule has 0 aromatic heterocycles. The first-order valence-corrected chi connectivity index (χ1v) is 19.1. The summed E-state index contributed by atoms with van der Waals surface area (Å²) >= 11 is 0. The first-order chi connectivity index (χ1) is 27.5. The second kappa shape index (κ2) is 11.0. The Bertz CT molecular complexity index is 3560. The van der Waals surface area contributed by atoms with Crippen LogP contribution in [-0.2, 0) is 0 Å². The molecule has 0 saturated heterocycles. The van der Waals surface area contributed by atoms with Crippen LogP contribution < -0.4 is 0 Å². The normalized spacial score (nSPS) is 12.1. The maximum Gasteiger partial charge on any atom is 0.0998 e. The van der Waals surface area contributed by atoms with Gasteiger partial charge in [0.1, 0.15) is 0 Å². The summed E-state index contributed by atoms with van der Waals surface area (Å²) in [5, 5.41) is 32.4. The number of fused-ring (bicyclic) bond motifs is 11. The third-order valence-corrected chi connectivity index (χ3v) is 12.6. The van der Waals surface area contributed by atoms with Crippen molar-refractivity contribution in [2.45, 2.75) is 13.8 Å². The molecule has 0 atom stereocenters. The highest BCUT2D eigenvalue weighted by Crippen LogP contribution is 2.57. The minimum atomic E-state index is 0.481. The van der Waals surface area contributed by atoms with Crippen LogP contribution in [0.1, 0.15) is 22.3 Å². The molecule has 0 N–H and O–H groups in total. The molecule has 56 heavy (non-hydrogen) atoms. The van der Waals surface area contributed by atoms with Gasteiger partial charge in [0.05, 0.1) is 23.3 Å². The Morgan fingerprint density at radius 2 is 0.875 bits per heavy atom. The molecule has 0 radical (unpaired) electrons. The van der Waals surface area contributed by atoms with Crippen LogP contribution in [0.15, 0.2) is 146 Å². The van der Waals surface area contributed by atoms with E-state index in [-0.39, 0.29) is 0 Å². The van der Waals surface area contributed by atoms with Crippen LogP contribution >= 0.6 is 0 Å². The van der Waals surface area contributed by atoms with E-state index in [2.05, 4.69) is 153 Å². The molecule has 12 rings (SSSR count). The standard InChI is InChI=1S/C54H30N2/c1-29-15-16-30(2)44(23-29)52-41-22-20-36-37(46(41)26-48-39-12-4-8-33-10-6-14-43(50(33)39)54(48)52)19-21-40-45(36)25-47-38-11-3-7-32-9-5-13-42(49(32)38)53(47)51(40)35-18-17-31(27-55)24-34(35)28-56/h3-26H,1-2H3. The number of hydrogen-bond donors (Lipinski definition) is 0. The quantitative estimate of drug-likeness (QED) is 0.168. The molecular formula is C54H30N2. The average molecular weight is 707 g/mol. The van der Waals surface area contributed by atoms with Gasteiger partial charge < -0.3 is 0 Å². The van der Waals surface area contributed by atoms with Crippen molar-refractivity contribution in [1.29, 1.82) is 10.5 Å². The van der Waals surface area contributed by atoms with Crippen LogP contribution in [-0.4, -0.2) is 0 Å². The van der Waals surface area contributed by atoms with Crippen LogP contribution in [0.2, 0.25) is 0 Å². The van der Waals surface area contributed by atoms with E-state index in [1.165, 1.54) is 104 Å². The maximum atomic E-state index is 10.5. The van der Waals surface area contributed by atoms with E-state index in [4.69, 9.17) is 0 Å². The largest absolute Gasteiger partial charge is 0.192 e. The Morgan fingerprint density at radius 3 is 1.41 bits per heavy atom. The fraction of sp³-hybridized carbons (Fsp3) is 0.0370. The monoisotopic (exact) mass is 706 g/mol. The third kappa shape index (κ3) is 3.93. The molecule has 0 unspecified atom stereocenters. The fourth-order valence-electron chi connectivity index (χ4n) is 10.2. The Labute approximate surface area is 323 Å². The lowest BCUT2D eigenvalue weighted by atomic mass is 9.82. The van der Waals surface area contributed by atoms with Gasteiger partial charge in [-0.15, -0.1) is 0 Å². The van der Waals surface area contributed by atoms with Gasteiger partial charge >= 0.3 is 0 Å². The highest BCUT2D eigenvalue weighted by Gasteiger charge is 2.30. The molecule has 0 saturated carbocycles. The lowest BCUT2D eigenvalue weighted by Gasteiger charge is -2.20. The molecule has 10 aromatic rings. The minimum Gasteiger partial charge on any atom is -0.192 e. The smallest absolute Gasteiger partial charge is 0.0998 e. The van der Waals surface area contributed by atoms with Gasteiger partial charge in [0.2, 0.25) is 0 Å². The lowest BCUT2D eigenvalue weighted by Crippen LogP contribution is -1.95. The van der Waals surface area contributed by atoms with Crippen molar-refractivity contribution < 1.29 is 0 Å². The van der Waals surface area contributed by atoms with Crippen molar-refractivity contribution in [2.75, 3.05) is 0 Å². The Hall–Kier alpha value is -7.52. The molecule has 2 nitrogen and oxygen atoms in total. The van der Waals surface area contributed by atoms with Gasteiger partial charge in [-0.3, -0.25) is 0 Å². The number of benzene rings is 10. The SMILES string of the molecule is Cc1ccc(C)c(-c2c3c(cc4c2ccc2c5cc6c(c(-c7ccc(C#N)cc7C#N)c5ccc42)-c2cccc4cccc-6c24)-c2cccc4cccc-3c24)c1. The summed E-state index contributed by atoms with van der Waals surface area (Å²) in [7, 11) is 0. The predicted octanol–water partition coefficient (Wildman–Crippen LogP) is 14.4. The van der Waals surface area contributed by atoms with Gasteiger partial charge in [-0.1, -0.05) is 127 Å². The van der Waals surface area contributed by atoms with Gasteiger partial charge in [-0.05, 0) is 159 Å². The molecule has 256 valence electrons. The molecule has 2 aliphatic carbocycles. The maximum absolute atomic E-state index is 10.5. The van der Waals surface area contributed by atoms with Crippen LogP contribution in [0.5, 0.6) is 0 Å². The fourth-order valence-corrected chi connectivity index (χ4v) is 10.2. The molecular weight excluding hydrogens is 677 g/mol. The number of rotatable bonds is 2. The molecule has 0 amide bonds. The summed E-state index contributed by atoms with van der Waals surface area (Å²) in [5.74, 6) is 0. The molecule has 0 spiro atoms. The van der Waals surface area contributed by atoms with E-state index in [1.54, 1.807) is 6.07 Å². The molecule has 0 aliphatic heterocycles. The van der Waals surface area contributed by atoms with E-state index >= 15 is 0 Å². The second-order valence-corrected chi connectivity index (χ2v) is 15.5. The van der Waals surface area contributed by atoms with Crippen molar-refractivity contribution >= 4 is 53.9 Å². The van der Waals surface area contributed by atoms with E-state index < -0.39 is 0 Å². The van der Waals surface area contributed by atoms with Gasteiger partial charge in [0.15, 0.2) is 0 Å². The topological polar surface area (TPSA) is 47.6 Å². The first kappa shape index (κ1) is 30.9. The van der Waals surface area contributed by atoms with Gasteiger partial charge in [0.25, 0.3) is 0 Å². The summed E-state index contributed by atoms with van der Waals surface area (Å²) in [6, 6.07) is 57.7. The molecule has 2 heteroatoms. The van der Waals surface area contributed by atoms with E-state index in [9.17, 15) is 10.5 Å². The highest BCUT2D eigenvalue weighted by atomic mass is 14.3. The van der Waals surface area contributed by atoms with Gasteiger partial charge in [-0.25, -0.2) is 0 Å². The lowest BCUT2D eigenvalue weighted by molar-refractivity contribution is 1.40. The summed E-state index contributed by atoms with van der Waals surface area (Å²) in [6.07, 6.45) is 0. The zero-order chi connectivity index (χ0) is 37.4. The van der Waals surface area contributed by atoms with Crippen LogP contribution in [0.3, 0.4) is 0 Å². The summed E-state index contributed by atoms with van der Waals surface area (Å²) < 4.78 is 0. The zero-order valence-electron chi connectivity index (χ0n) is 30.8. The van der Waals surface area contributed by atoms with Crippen molar-refractivity contribution in [3.8, 4) is 78.9 Å². The molecule has 0 fully saturated rings. The van der Waals surface area contributed by atoms with E-state index in [0.717, 1.165) is 27.5 Å². The third-order valence-electron chi connectivity index (χ3n) is 12.6. The van der Waals surface area contributed by atoms with Crippen LogP contribution in [0.4, 0.5) is 0 Å². The molecule has 2 aliphatic rings. The molecule has 0 heterocycles. The molecule has 0 bridgehead atoms. The minimum absolute atomic E-state index is 0.481. The Balaban J connectivity index is 1.25.